The van der Waals surface area contributed by atoms with E-state index < -0.39 is 0 Å². The Labute approximate surface area is 165 Å². The van der Waals surface area contributed by atoms with E-state index in [9.17, 15) is 0 Å². The zero-order valence-corrected chi connectivity index (χ0v) is 17.1. The van der Waals surface area contributed by atoms with Gasteiger partial charge in [0.1, 0.15) is 0 Å². The van der Waals surface area contributed by atoms with Crippen molar-refractivity contribution in [1.82, 2.24) is 24.8 Å². The van der Waals surface area contributed by atoms with Gasteiger partial charge in [-0.05, 0) is 68.4 Å². The molecular formula is C22H29N5O. The molecule has 0 radical (unpaired) electrons. The maximum Gasteiger partial charge on any atom is 0.291 e. The molecule has 5 rings (SSSR count). The van der Waals surface area contributed by atoms with Gasteiger partial charge in [-0.3, -0.25) is 0 Å². The molecule has 3 heterocycles. The lowest BCUT2D eigenvalue weighted by molar-refractivity contribution is 0.0923. The largest absolute Gasteiger partial charge is 0.337 e. The molecule has 28 heavy (non-hydrogen) atoms. The van der Waals surface area contributed by atoms with Crippen molar-refractivity contribution >= 4 is 10.9 Å². The molecule has 0 bridgehead atoms. The average molecular weight is 380 g/mol. The predicted molar refractivity (Wildman–Crippen MR) is 109 cm³/mol. The fourth-order valence-corrected chi connectivity index (χ4v) is 4.67. The first-order valence-electron chi connectivity index (χ1n) is 10.7. The standard InChI is InChI=1S/C22H29N5O/c1-14(2)20-19-15(3)6-4-9-18(19)27(24-20)22-23-21(28-25-22)16-10-12-26(13-11-16)17-7-5-8-17/h4,6,9,14,16-17H,5,7-8,10-13H2,1-3H3. The van der Waals surface area contributed by atoms with Crippen LogP contribution >= 0.6 is 0 Å². The summed E-state index contributed by atoms with van der Waals surface area (Å²) in [6.07, 6.45) is 6.36. The Morgan fingerprint density at radius 2 is 1.89 bits per heavy atom. The van der Waals surface area contributed by atoms with Crippen LogP contribution in [0.2, 0.25) is 0 Å². The quantitative estimate of drug-likeness (QED) is 0.664. The van der Waals surface area contributed by atoms with Crippen LogP contribution in [0.3, 0.4) is 0 Å². The number of piperidine rings is 1. The third kappa shape index (κ3) is 2.94. The second kappa shape index (κ2) is 6.99. The van der Waals surface area contributed by atoms with E-state index in [4.69, 9.17) is 14.6 Å². The maximum atomic E-state index is 5.70. The van der Waals surface area contributed by atoms with Gasteiger partial charge in [-0.2, -0.15) is 14.8 Å². The molecule has 0 spiro atoms. The minimum atomic E-state index is 0.340. The lowest BCUT2D eigenvalue weighted by Gasteiger charge is -2.41. The van der Waals surface area contributed by atoms with Crippen LogP contribution in [-0.2, 0) is 0 Å². The number of rotatable bonds is 4. The fourth-order valence-electron chi connectivity index (χ4n) is 4.67. The number of aromatic nitrogens is 4. The van der Waals surface area contributed by atoms with E-state index in [1.807, 2.05) is 4.68 Å². The van der Waals surface area contributed by atoms with Crippen molar-refractivity contribution in [2.24, 2.45) is 0 Å². The van der Waals surface area contributed by atoms with E-state index in [0.717, 1.165) is 49.1 Å². The number of fused-ring (bicyclic) bond motifs is 1. The molecule has 2 aromatic heterocycles. The third-order valence-electron chi connectivity index (χ3n) is 6.58. The molecule has 0 atom stereocenters. The van der Waals surface area contributed by atoms with Crippen LogP contribution in [-0.4, -0.2) is 44.0 Å². The molecule has 2 aliphatic rings. The number of benzene rings is 1. The highest BCUT2D eigenvalue weighted by Gasteiger charge is 2.31. The van der Waals surface area contributed by atoms with Crippen LogP contribution < -0.4 is 0 Å². The molecule has 2 fully saturated rings. The minimum Gasteiger partial charge on any atom is -0.337 e. The molecule has 6 heteroatoms. The number of likely N-dealkylation sites (tertiary alicyclic amines) is 1. The molecule has 3 aromatic rings. The summed E-state index contributed by atoms with van der Waals surface area (Å²) in [5, 5.41) is 10.4. The molecule has 0 amide bonds. The van der Waals surface area contributed by atoms with Crippen molar-refractivity contribution in [1.29, 1.82) is 0 Å². The Balaban J connectivity index is 1.41. The highest BCUT2D eigenvalue weighted by Crippen LogP contribution is 2.33. The molecular weight excluding hydrogens is 350 g/mol. The van der Waals surface area contributed by atoms with Crippen LogP contribution in [0.25, 0.3) is 16.9 Å². The summed E-state index contributed by atoms with van der Waals surface area (Å²) in [4.78, 5) is 7.41. The maximum absolute atomic E-state index is 5.70. The summed E-state index contributed by atoms with van der Waals surface area (Å²) in [6.45, 7) is 8.78. The van der Waals surface area contributed by atoms with Crippen molar-refractivity contribution in [2.45, 2.75) is 70.8 Å². The normalized spacial score (nSPS) is 19.6. The van der Waals surface area contributed by atoms with E-state index in [-0.39, 0.29) is 0 Å². The van der Waals surface area contributed by atoms with Gasteiger partial charge in [0, 0.05) is 17.3 Å². The van der Waals surface area contributed by atoms with Gasteiger partial charge in [-0.15, -0.1) is 0 Å². The van der Waals surface area contributed by atoms with E-state index in [0.29, 0.717) is 17.8 Å². The zero-order chi connectivity index (χ0) is 19.3. The first kappa shape index (κ1) is 17.9. The van der Waals surface area contributed by atoms with Gasteiger partial charge >= 0.3 is 0 Å². The van der Waals surface area contributed by atoms with Gasteiger partial charge in [0.25, 0.3) is 5.95 Å². The van der Waals surface area contributed by atoms with Crippen molar-refractivity contribution in [3.8, 4) is 5.95 Å². The Kier molecular flexibility index (Phi) is 4.46. The third-order valence-corrected chi connectivity index (χ3v) is 6.58. The number of aryl methyl sites for hydroxylation is 1. The van der Waals surface area contributed by atoms with Crippen LogP contribution in [0.4, 0.5) is 0 Å². The lowest BCUT2D eigenvalue weighted by Crippen LogP contribution is -2.44. The summed E-state index contributed by atoms with van der Waals surface area (Å²) in [7, 11) is 0. The fraction of sp³-hybridized carbons (Fsp3) is 0.591. The summed E-state index contributed by atoms with van der Waals surface area (Å²) in [5.41, 5.74) is 3.38. The Bertz CT molecular complexity index is 976. The first-order chi connectivity index (χ1) is 13.6. The van der Waals surface area contributed by atoms with Gasteiger partial charge in [0.2, 0.25) is 5.89 Å². The molecule has 6 nitrogen and oxygen atoms in total. The SMILES string of the molecule is Cc1cccc2c1c(C(C)C)nn2-c1noc(C2CCN(C3CCC3)CC2)n1. The Morgan fingerprint density at radius 3 is 2.57 bits per heavy atom. The molecule has 0 N–H and O–H groups in total. The molecule has 1 saturated heterocycles. The Morgan fingerprint density at radius 1 is 1.11 bits per heavy atom. The second-order valence-electron chi connectivity index (χ2n) is 8.75. The summed E-state index contributed by atoms with van der Waals surface area (Å²) >= 11 is 0. The first-order valence-corrected chi connectivity index (χ1v) is 10.7. The van der Waals surface area contributed by atoms with Crippen LogP contribution in [0, 0.1) is 6.92 Å². The number of nitrogens with zero attached hydrogens (tertiary/aromatic N) is 5. The topological polar surface area (TPSA) is 60.0 Å². The molecule has 1 aliphatic heterocycles. The second-order valence-corrected chi connectivity index (χ2v) is 8.75. The minimum absolute atomic E-state index is 0.340. The highest BCUT2D eigenvalue weighted by atomic mass is 16.5. The van der Waals surface area contributed by atoms with Crippen molar-refractivity contribution in [3.63, 3.8) is 0 Å². The van der Waals surface area contributed by atoms with E-state index >= 15 is 0 Å². The lowest BCUT2D eigenvalue weighted by atomic mass is 9.88. The monoisotopic (exact) mass is 379 g/mol. The smallest absolute Gasteiger partial charge is 0.291 e. The van der Waals surface area contributed by atoms with Gasteiger partial charge in [-0.25, -0.2) is 0 Å². The van der Waals surface area contributed by atoms with Crippen molar-refractivity contribution < 1.29 is 4.52 Å². The van der Waals surface area contributed by atoms with E-state index in [1.165, 1.54) is 30.2 Å². The Hall–Kier alpha value is -2.21. The van der Waals surface area contributed by atoms with Crippen molar-refractivity contribution in [2.75, 3.05) is 13.1 Å². The van der Waals surface area contributed by atoms with Crippen LogP contribution in [0.15, 0.2) is 22.7 Å². The van der Waals surface area contributed by atoms with Gasteiger partial charge < -0.3 is 9.42 Å². The summed E-state index contributed by atoms with van der Waals surface area (Å²) in [6, 6.07) is 7.12. The van der Waals surface area contributed by atoms with Crippen LogP contribution in [0.5, 0.6) is 0 Å². The number of hydrogen-bond donors (Lipinski definition) is 0. The molecule has 1 aliphatic carbocycles. The summed E-state index contributed by atoms with van der Waals surface area (Å²) in [5.74, 6) is 2.03. The molecule has 1 saturated carbocycles. The van der Waals surface area contributed by atoms with Gasteiger partial charge in [0.15, 0.2) is 0 Å². The zero-order valence-electron chi connectivity index (χ0n) is 17.1. The highest BCUT2D eigenvalue weighted by molar-refractivity contribution is 5.86. The average Bonchev–Trinajstić information content (AvgIpc) is 3.26. The predicted octanol–water partition coefficient (Wildman–Crippen LogP) is 4.57. The van der Waals surface area contributed by atoms with Crippen LogP contribution in [0.1, 0.15) is 74.9 Å². The van der Waals surface area contributed by atoms with Gasteiger partial charge in [-0.1, -0.05) is 32.4 Å². The molecule has 148 valence electrons. The molecule has 1 aromatic carbocycles. The van der Waals surface area contributed by atoms with Crippen molar-refractivity contribution in [3.05, 3.63) is 35.3 Å². The van der Waals surface area contributed by atoms with E-state index in [2.05, 4.69) is 49.0 Å². The molecule has 0 unspecified atom stereocenters. The summed E-state index contributed by atoms with van der Waals surface area (Å²) < 4.78 is 7.56. The number of hydrogen-bond acceptors (Lipinski definition) is 5. The van der Waals surface area contributed by atoms with E-state index in [1.54, 1.807) is 0 Å². The van der Waals surface area contributed by atoms with Gasteiger partial charge in [0.05, 0.1) is 11.2 Å².